The number of amides is 2. The summed E-state index contributed by atoms with van der Waals surface area (Å²) in [4.78, 5) is 31.9. The van der Waals surface area contributed by atoms with Crippen LogP contribution in [0.15, 0.2) is 66.7 Å². The third-order valence-corrected chi connectivity index (χ3v) is 8.28. The highest BCUT2D eigenvalue weighted by Gasteiger charge is 2.40. The Morgan fingerprint density at radius 2 is 1.68 bits per heavy atom. The summed E-state index contributed by atoms with van der Waals surface area (Å²) in [5, 5.41) is 3.14. The maximum atomic E-state index is 15.0. The van der Waals surface area contributed by atoms with Gasteiger partial charge in [0, 0.05) is 18.8 Å². The van der Waals surface area contributed by atoms with Crippen LogP contribution in [0.25, 0.3) is 0 Å². The third-order valence-electron chi connectivity index (χ3n) is 8.28. The Morgan fingerprint density at radius 3 is 2.32 bits per heavy atom. The van der Waals surface area contributed by atoms with E-state index in [1.165, 1.54) is 11.6 Å². The van der Waals surface area contributed by atoms with E-state index in [0.717, 1.165) is 36.4 Å². The molecule has 6 heteroatoms. The van der Waals surface area contributed by atoms with E-state index >= 15 is 0 Å². The molecular weight excluding hydrogens is 513 g/mol. The van der Waals surface area contributed by atoms with Gasteiger partial charge in [-0.3, -0.25) is 14.5 Å². The number of halogens is 1. The summed E-state index contributed by atoms with van der Waals surface area (Å²) in [7, 11) is 0. The van der Waals surface area contributed by atoms with Crippen molar-refractivity contribution in [3.63, 3.8) is 0 Å². The molecule has 1 fully saturated rings. The highest BCUT2D eigenvalue weighted by Crippen LogP contribution is 2.39. The SMILES string of the molecule is CCN(CC)Cc1ccc([C@H]2[C@@H](C(=O)Nc3cccc(C(C)(C)C)c3)CCCN2C(=O)c2c(C)cccc2F)cc1. The van der Waals surface area contributed by atoms with Gasteiger partial charge < -0.3 is 10.2 Å². The first-order valence-corrected chi connectivity index (χ1v) is 14.8. The summed E-state index contributed by atoms with van der Waals surface area (Å²) in [6.45, 7) is 15.7. The number of likely N-dealkylation sites (tertiary alicyclic amines) is 1. The van der Waals surface area contributed by atoms with Crippen LogP contribution < -0.4 is 5.32 Å². The van der Waals surface area contributed by atoms with Crippen molar-refractivity contribution in [3.05, 3.63) is 100 Å². The van der Waals surface area contributed by atoms with Crippen LogP contribution in [0, 0.1) is 18.7 Å². The second-order valence-electron chi connectivity index (χ2n) is 12.1. The van der Waals surface area contributed by atoms with Crippen LogP contribution in [-0.4, -0.2) is 41.2 Å². The molecule has 1 saturated heterocycles. The highest BCUT2D eigenvalue weighted by molar-refractivity contribution is 5.98. The molecule has 0 saturated carbocycles. The first-order chi connectivity index (χ1) is 19.5. The second-order valence-corrected chi connectivity index (χ2v) is 12.1. The molecule has 0 aliphatic carbocycles. The summed E-state index contributed by atoms with van der Waals surface area (Å²) in [6, 6.07) is 20.4. The van der Waals surface area contributed by atoms with E-state index in [1.54, 1.807) is 24.0 Å². The normalized spacial score (nSPS) is 17.5. The van der Waals surface area contributed by atoms with Crippen molar-refractivity contribution in [1.82, 2.24) is 9.80 Å². The lowest BCUT2D eigenvalue weighted by Crippen LogP contribution is -2.46. The maximum Gasteiger partial charge on any atom is 0.257 e. The summed E-state index contributed by atoms with van der Waals surface area (Å²) >= 11 is 0. The van der Waals surface area contributed by atoms with Crippen molar-refractivity contribution in [2.45, 2.75) is 72.4 Å². The number of rotatable bonds is 8. The number of carbonyl (C=O) groups is 2. The number of piperidine rings is 1. The number of aryl methyl sites for hydroxylation is 1. The third kappa shape index (κ3) is 7.05. The lowest BCUT2D eigenvalue weighted by Gasteiger charge is -2.41. The molecule has 5 nitrogen and oxygen atoms in total. The van der Waals surface area contributed by atoms with E-state index < -0.39 is 17.8 Å². The van der Waals surface area contributed by atoms with E-state index in [2.05, 4.69) is 63.0 Å². The fourth-order valence-electron chi connectivity index (χ4n) is 5.78. The number of benzene rings is 3. The van der Waals surface area contributed by atoms with Gasteiger partial charge in [0.25, 0.3) is 5.91 Å². The average Bonchev–Trinajstić information content (AvgIpc) is 2.95. The Kier molecular flexibility index (Phi) is 9.64. The summed E-state index contributed by atoms with van der Waals surface area (Å²) in [6.07, 6.45) is 1.30. The topological polar surface area (TPSA) is 52.7 Å². The first-order valence-electron chi connectivity index (χ1n) is 14.8. The average molecular weight is 558 g/mol. The summed E-state index contributed by atoms with van der Waals surface area (Å²) in [5.41, 5.74) is 4.55. The van der Waals surface area contributed by atoms with Gasteiger partial charge in [-0.1, -0.05) is 83.1 Å². The van der Waals surface area contributed by atoms with E-state index in [4.69, 9.17) is 0 Å². The monoisotopic (exact) mass is 557 g/mol. The van der Waals surface area contributed by atoms with Crippen molar-refractivity contribution < 1.29 is 14.0 Å². The van der Waals surface area contributed by atoms with E-state index in [-0.39, 0.29) is 22.8 Å². The van der Waals surface area contributed by atoms with Gasteiger partial charge in [0.05, 0.1) is 17.5 Å². The van der Waals surface area contributed by atoms with Gasteiger partial charge in [-0.2, -0.15) is 0 Å². The molecule has 0 radical (unpaired) electrons. The standard InChI is InChI=1S/C35H44FN3O2/c1-7-38(8-2)23-25-17-19-26(20-18-25)32-29(33(40)37-28-14-10-13-27(22-28)35(4,5)6)15-11-21-39(32)34(41)31-24(3)12-9-16-30(31)36/h9-10,12-14,16-20,22,29,32H,7-8,11,15,21,23H2,1-6H3,(H,37,40)/t29-,32-/m0/s1. The molecule has 2 atom stereocenters. The van der Waals surface area contributed by atoms with E-state index in [9.17, 15) is 14.0 Å². The molecule has 4 rings (SSSR count). The number of nitrogens with zero attached hydrogens (tertiary/aromatic N) is 2. The molecule has 1 heterocycles. The van der Waals surface area contributed by atoms with Crippen LogP contribution in [0.4, 0.5) is 10.1 Å². The predicted octanol–water partition coefficient (Wildman–Crippen LogP) is 7.51. The Morgan fingerprint density at radius 1 is 1.00 bits per heavy atom. The number of nitrogens with one attached hydrogen (secondary N) is 1. The van der Waals surface area contributed by atoms with Gasteiger partial charge >= 0.3 is 0 Å². The molecule has 0 spiro atoms. The highest BCUT2D eigenvalue weighted by atomic mass is 19.1. The van der Waals surface area contributed by atoms with Crippen molar-refractivity contribution in [3.8, 4) is 0 Å². The minimum absolute atomic E-state index is 0.0537. The lowest BCUT2D eigenvalue weighted by molar-refractivity contribution is -0.123. The van der Waals surface area contributed by atoms with Crippen molar-refractivity contribution in [2.75, 3.05) is 25.0 Å². The number of carbonyl (C=O) groups excluding carboxylic acids is 2. The molecule has 0 unspecified atom stereocenters. The molecular formula is C35H44FN3O2. The van der Waals surface area contributed by atoms with Crippen LogP contribution in [0.1, 0.15) is 86.1 Å². The molecule has 1 aliphatic rings. The largest absolute Gasteiger partial charge is 0.331 e. The zero-order valence-corrected chi connectivity index (χ0v) is 25.3. The van der Waals surface area contributed by atoms with Crippen LogP contribution in [0.2, 0.25) is 0 Å². The molecule has 218 valence electrons. The molecule has 1 N–H and O–H groups in total. The molecule has 41 heavy (non-hydrogen) atoms. The van der Waals surface area contributed by atoms with Gasteiger partial charge in [-0.15, -0.1) is 0 Å². The zero-order chi connectivity index (χ0) is 29.7. The van der Waals surface area contributed by atoms with E-state index in [1.807, 2.05) is 30.3 Å². The Balaban J connectivity index is 1.70. The first kappa shape index (κ1) is 30.4. The van der Waals surface area contributed by atoms with Crippen molar-refractivity contribution in [2.24, 2.45) is 5.92 Å². The van der Waals surface area contributed by atoms with Crippen LogP contribution in [-0.2, 0) is 16.8 Å². The molecule has 3 aromatic rings. The zero-order valence-electron chi connectivity index (χ0n) is 25.3. The van der Waals surface area contributed by atoms with Gasteiger partial charge in [0.2, 0.25) is 5.91 Å². The molecule has 1 aliphatic heterocycles. The van der Waals surface area contributed by atoms with Crippen molar-refractivity contribution >= 4 is 17.5 Å². The summed E-state index contributed by atoms with van der Waals surface area (Å²) in [5.74, 6) is -1.51. The van der Waals surface area contributed by atoms with Crippen LogP contribution in [0.3, 0.4) is 0 Å². The fourth-order valence-corrected chi connectivity index (χ4v) is 5.78. The number of hydrogen-bond acceptors (Lipinski definition) is 3. The molecule has 0 bridgehead atoms. The van der Waals surface area contributed by atoms with Gasteiger partial charge in [-0.05, 0) is 78.7 Å². The van der Waals surface area contributed by atoms with Gasteiger partial charge in [0.15, 0.2) is 0 Å². The molecule has 0 aromatic heterocycles. The minimum atomic E-state index is -0.533. The Labute approximate surface area is 244 Å². The molecule has 2 amide bonds. The Hall–Kier alpha value is -3.51. The second kappa shape index (κ2) is 13.0. The summed E-state index contributed by atoms with van der Waals surface area (Å²) < 4.78 is 15.0. The predicted molar refractivity (Wildman–Crippen MR) is 164 cm³/mol. The van der Waals surface area contributed by atoms with Crippen molar-refractivity contribution in [1.29, 1.82) is 0 Å². The van der Waals surface area contributed by atoms with Gasteiger partial charge in [-0.25, -0.2) is 4.39 Å². The van der Waals surface area contributed by atoms with Crippen LogP contribution >= 0.6 is 0 Å². The number of anilines is 1. The maximum absolute atomic E-state index is 15.0. The van der Waals surface area contributed by atoms with Gasteiger partial charge in [0.1, 0.15) is 5.82 Å². The quantitative estimate of drug-likeness (QED) is 0.312. The molecule has 3 aromatic carbocycles. The fraction of sp³-hybridized carbons (Fsp3) is 0.429. The minimum Gasteiger partial charge on any atom is -0.331 e. The Bertz CT molecular complexity index is 1340. The number of hydrogen-bond donors (Lipinski definition) is 1. The lowest BCUT2D eigenvalue weighted by atomic mass is 9.82. The smallest absolute Gasteiger partial charge is 0.257 e. The van der Waals surface area contributed by atoms with E-state index in [0.29, 0.717) is 24.9 Å². The van der Waals surface area contributed by atoms with Crippen LogP contribution in [0.5, 0.6) is 0 Å².